The zero-order chi connectivity index (χ0) is 12.4. The van der Waals surface area contributed by atoms with Gasteiger partial charge in [-0.15, -0.1) is 0 Å². The molecule has 1 fully saturated rings. The number of hydrogen-bond donors (Lipinski definition) is 1. The smallest absolute Gasteiger partial charge is 0.259 e. The average Bonchev–Trinajstić information content (AvgIpc) is 2.90. The number of nitrogen functional groups attached to an aromatic ring is 1. The maximum Gasteiger partial charge on any atom is 0.259 e. The Labute approximate surface area is 104 Å². The predicted octanol–water partition coefficient (Wildman–Crippen LogP) is 1.61. The lowest BCUT2D eigenvalue weighted by Gasteiger charge is -2.18. The minimum Gasteiger partial charge on any atom is -0.384 e. The Morgan fingerprint density at radius 3 is 3.00 bits per heavy atom. The Bertz CT molecular complexity index is 517. The number of rotatable bonds is 2. The molecule has 6 nitrogen and oxygen atoms in total. The van der Waals surface area contributed by atoms with Crippen LogP contribution < -0.4 is 5.73 Å². The zero-order valence-electron chi connectivity index (χ0n) is 9.87. The molecule has 1 atom stereocenters. The summed E-state index contributed by atoms with van der Waals surface area (Å²) in [6.07, 6.45) is 3.71. The highest BCUT2D eigenvalue weighted by Gasteiger charge is 2.21. The highest BCUT2D eigenvalue weighted by molar-refractivity contribution is 5.53. The van der Waals surface area contributed by atoms with Crippen LogP contribution in [0.4, 0.5) is 5.82 Å². The topological polar surface area (TPSA) is 87.1 Å². The van der Waals surface area contributed by atoms with Crippen molar-refractivity contribution in [1.82, 2.24) is 15.1 Å². The van der Waals surface area contributed by atoms with Crippen LogP contribution in [-0.2, 0) is 4.74 Å². The summed E-state index contributed by atoms with van der Waals surface area (Å²) in [6.45, 7) is 1.49. The standard InChI is InChI=1S/C12H14N4O2/c13-10-4-3-8(6-14-10)12-15-11(16-18-12)9-2-1-5-17-7-9/h3-4,6,9H,1-2,5,7H2,(H2,13,14). The van der Waals surface area contributed by atoms with Gasteiger partial charge in [0.15, 0.2) is 5.82 Å². The molecule has 0 spiro atoms. The zero-order valence-corrected chi connectivity index (χ0v) is 9.87. The van der Waals surface area contributed by atoms with Gasteiger partial charge in [-0.3, -0.25) is 0 Å². The van der Waals surface area contributed by atoms with Crippen LogP contribution in [0.15, 0.2) is 22.9 Å². The van der Waals surface area contributed by atoms with Gasteiger partial charge in [0.25, 0.3) is 5.89 Å². The molecule has 1 aliphatic heterocycles. The summed E-state index contributed by atoms with van der Waals surface area (Å²) in [5.74, 6) is 1.89. The van der Waals surface area contributed by atoms with Gasteiger partial charge in [-0.2, -0.15) is 4.98 Å². The molecule has 0 aliphatic carbocycles. The SMILES string of the molecule is Nc1ccc(-c2nc(C3CCCOC3)no2)cn1. The van der Waals surface area contributed by atoms with E-state index < -0.39 is 0 Å². The molecule has 6 heteroatoms. The fraction of sp³-hybridized carbons (Fsp3) is 0.417. The van der Waals surface area contributed by atoms with Crippen molar-refractivity contribution < 1.29 is 9.26 Å². The molecule has 3 rings (SSSR count). The molecule has 94 valence electrons. The lowest BCUT2D eigenvalue weighted by atomic mass is 10.0. The quantitative estimate of drug-likeness (QED) is 0.866. The van der Waals surface area contributed by atoms with E-state index in [1.807, 2.05) is 6.07 Å². The first-order chi connectivity index (χ1) is 8.83. The molecule has 18 heavy (non-hydrogen) atoms. The van der Waals surface area contributed by atoms with Gasteiger partial charge in [0.2, 0.25) is 0 Å². The largest absolute Gasteiger partial charge is 0.384 e. The lowest BCUT2D eigenvalue weighted by molar-refractivity contribution is 0.0773. The van der Waals surface area contributed by atoms with E-state index in [0.717, 1.165) is 25.0 Å². The Kier molecular flexibility index (Phi) is 2.93. The summed E-state index contributed by atoms with van der Waals surface area (Å²) in [4.78, 5) is 8.40. The van der Waals surface area contributed by atoms with E-state index in [0.29, 0.717) is 24.1 Å². The second-order valence-electron chi connectivity index (χ2n) is 4.34. The first-order valence-corrected chi connectivity index (χ1v) is 5.96. The maximum atomic E-state index is 5.53. The van der Waals surface area contributed by atoms with Gasteiger partial charge in [0.05, 0.1) is 12.2 Å². The van der Waals surface area contributed by atoms with Gasteiger partial charge in [-0.1, -0.05) is 5.16 Å². The molecular weight excluding hydrogens is 232 g/mol. The van der Waals surface area contributed by atoms with Crippen molar-refractivity contribution in [3.8, 4) is 11.5 Å². The van der Waals surface area contributed by atoms with E-state index in [9.17, 15) is 0 Å². The van der Waals surface area contributed by atoms with Gasteiger partial charge in [-0.25, -0.2) is 4.98 Å². The molecule has 0 bridgehead atoms. The van der Waals surface area contributed by atoms with E-state index in [4.69, 9.17) is 15.0 Å². The third-order valence-electron chi connectivity index (χ3n) is 3.00. The summed E-state index contributed by atoms with van der Waals surface area (Å²) >= 11 is 0. The third-order valence-corrected chi connectivity index (χ3v) is 3.00. The van der Waals surface area contributed by atoms with Crippen LogP contribution in [0.3, 0.4) is 0 Å². The number of ether oxygens (including phenoxy) is 1. The normalized spacial score (nSPS) is 19.9. The minimum absolute atomic E-state index is 0.234. The summed E-state index contributed by atoms with van der Waals surface area (Å²) in [5, 5.41) is 4.01. The molecule has 2 aromatic heterocycles. The lowest BCUT2D eigenvalue weighted by Crippen LogP contribution is -2.16. The van der Waals surface area contributed by atoms with Crippen molar-refractivity contribution >= 4 is 5.82 Å². The van der Waals surface area contributed by atoms with Gasteiger partial charge in [0.1, 0.15) is 5.82 Å². The molecule has 2 N–H and O–H groups in total. The Balaban J connectivity index is 1.82. The monoisotopic (exact) mass is 246 g/mol. The van der Waals surface area contributed by atoms with E-state index in [-0.39, 0.29) is 5.92 Å². The second kappa shape index (κ2) is 4.73. The molecule has 0 radical (unpaired) electrons. The number of nitrogens with zero attached hydrogens (tertiary/aromatic N) is 3. The summed E-state index contributed by atoms with van der Waals surface area (Å²) < 4.78 is 10.7. The predicted molar refractivity (Wildman–Crippen MR) is 64.7 cm³/mol. The molecule has 1 unspecified atom stereocenters. The van der Waals surface area contributed by atoms with Crippen LogP contribution in [0.2, 0.25) is 0 Å². The van der Waals surface area contributed by atoms with Crippen LogP contribution in [0.1, 0.15) is 24.6 Å². The molecular formula is C12H14N4O2. The molecule has 0 aromatic carbocycles. The van der Waals surface area contributed by atoms with E-state index in [2.05, 4.69) is 15.1 Å². The van der Waals surface area contributed by atoms with E-state index in [1.165, 1.54) is 0 Å². The van der Waals surface area contributed by atoms with Crippen LogP contribution >= 0.6 is 0 Å². The maximum absolute atomic E-state index is 5.53. The highest BCUT2D eigenvalue weighted by Crippen LogP contribution is 2.25. The molecule has 3 heterocycles. The number of aromatic nitrogens is 3. The van der Waals surface area contributed by atoms with E-state index >= 15 is 0 Å². The van der Waals surface area contributed by atoms with Gasteiger partial charge in [0, 0.05) is 18.7 Å². The number of hydrogen-bond acceptors (Lipinski definition) is 6. The van der Waals surface area contributed by atoms with Crippen molar-refractivity contribution in [2.24, 2.45) is 0 Å². The van der Waals surface area contributed by atoms with Crippen molar-refractivity contribution in [3.05, 3.63) is 24.2 Å². The Morgan fingerprint density at radius 1 is 1.33 bits per heavy atom. The molecule has 1 aliphatic rings. The summed E-state index contributed by atoms with van der Waals surface area (Å²) in [5.41, 5.74) is 6.31. The van der Waals surface area contributed by atoms with Crippen LogP contribution in [0, 0.1) is 0 Å². The van der Waals surface area contributed by atoms with Gasteiger partial charge in [-0.05, 0) is 25.0 Å². The van der Waals surface area contributed by atoms with Crippen molar-refractivity contribution in [2.75, 3.05) is 18.9 Å². The van der Waals surface area contributed by atoms with Crippen molar-refractivity contribution in [2.45, 2.75) is 18.8 Å². The molecule has 1 saturated heterocycles. The highest BCUT2D eigenvalue weighted by atomic mass is 16.5. The average molecular weight is 246 g/mol. The van der Waals surface area contributed by atoms with Gasteiger partial charge < -0.3 is 15.0 Å². The Hall–Kier alpha value is -1.95. The second-order valence-corrected chi connectivity index (χ2v) is 4.34. The van der Waals surface area contributed by atoms with Crippen LogP contribution in [0.5, 0.6) is 0 Å². The summed E-state index contributed by atoms with van der Waals surface area (Å²) in [6, 6.07) is 3.53. The fourth-order valence-electron chi connectivity index (χ4n) is 1.99. The van der Waals surface area contributed by atoms with Crippen molar-refractivity contribution in [3.63, 3.8) is 0 Å². The Morgan fingerprint density at radius 2 is 2.28 bits per heavy atom. The van der Waals surface area contributed by atoms with Crippen molar-refractivity contribution in [1.29, 1.82) is 0 Å². The number of anilines is 1. The first-order valence-electron chi connectivity index (χ1n) is 5.96. The first kappa shape index (κ1) is 11.2. The molecule has 2 aromatic rings. The van der Waals surface area contributed by atoms with Gasteiger partial charge >= 0.3 is 0 Å². The fourth-order valence-corrected chi connectivity index (χ4v) is 1.99. The third kappa shape index (κ3) is 2.19. The molecule has 0 amide bonds. The number of pyridine rings is 1. The minimum atomic E-state index is 0.234. The molecule has 0 saturated carbocycles. The summed E-state index contributed by atoms with van der Waals surface area (Å²) in [7, 11) is 0. The van der Waals surface area contributed by atoms with E-state index in [1.54, 1.807) is 12.3 Å². The van der Waals surface area contributed by atoms with Crippen LogP contribution in [-0.4, -0.2) is 28.3 Å². The van der Waals surface area contributed by atoms with Crippen LogP contribution in [0.25, 0.3) is 11.5 Å². The number of nitrogens with two attached hydrogens (primary N) is 1.